The van der Waals surface area contributed by atoms with Crippen molar-refractivity contribution in [1.82, 2.24) is 5.32 Å². The summed E-state index contributed by atoms with van der Waals surface area (Å²) in [6.45, 7) is 4.48. The lowest BCUT2D eigenvalue weighted by atomic mass is 10.1. The van der Waals surface area contributed by atoms with Crippen molar-refractivity contribution in [3.05, 3.63) is 64.2 Å². The average Bonchev–Trinajstić information content (AvgIpc) is 2.43. The van der Waals surface area contributed by atoms with Crippen LogP contribution in [0.2, 0.25) is 5.02 Å². The van der Waals surface area contributed by atoms with Crippen LogP contribution in [-0.4, -0.2) is 12.5 Å². The molecule has 21 heavy (non-hydrogen) atoms. The predicted molar refractivity (Wildman–Crippen MR) is 84.7 cm³/mol. The highest BCUT2D eigenvalue weighted by Crippen LogP contribution is 2.16. The van der Waals surface area contributed by atoms with Crippen LogP contribution in [0.4, 0.5) is 0 Å². The van der Waals surface area contributed by atoms with Crippen molar-refractivity contribution in [2.24, 2.45) is 0 Å². The van der Waals surface area contributed by atoms with Crippen LogP contribution in [0.5, 0.6) is 5.75 Å². The minimum Gasteiger partial charge on any atom is -0.484 e. The van der Waals surface area contributed by atoms with Crippen LogP contribution in [0.1, 0.15) is 16.7 Å². The van der Waals surface area contributed by atoms with E-state index in [-0.39, 0.29) is 12.5 Å². The Morgan fingerprint density at radius 3 is 2.33 bits per heavy atom. The van der Waals surface area contributed by atoms with Gasteiger partial charge in [-0.1, -0.05) is 29.8 Å². The normalized spacial score (nSPS) is 10.2. The SMILES string of the molecule is Cc1cc(C)cc(OCC(=O)NCc2ccc(Cl)cc2)c1. The van der Waals surface area contributed by atoms with Gasteiger partial charge in [0.25, 0.3) is 5.91 Å². The van der Waals surface area contributed by atoms with Gasteiger partial charge in [-0.05, 0) is 54.8 Å². The minimum absolute atomic E-state index is 0.0104. The number of carbonyl (C=O) groups excluding carboxylic acids is 1. The molecule has 0 aliphatic heterocycles. The largest absolute Gasteiger partial charge is 0.484 e. The summed E-state index contributed by atoms with van der Waals surface area (Å²) in [6.07, 6.45) is 0. The van der Waals surface area contributed by atoms with Gasteiger partial charge in [0, 0.05) is 11.6 Å². The van der Waals surface area contributed by atoms with Gasteiger partial charge in [-0.15, -0.1) is 0 Å². The van der Waals surface area contributed by atoms with Crippen LogP contribution in [0.15, 0.2) is 42.5 Å². The van der Waals surface area contributed by atoms with E-state index >= 15 is 0 Å². The molecule has 1 amide bonds. The Morgan fingerprint density at radius 2 is 1.71 bits per heavy atom. The van der Waals surface area contributed by atoms with Crippen molar-refractivity contribution in [3.8, 4) is 5.75 Å². The third-order valence-corrected chi connectivity index (χ3v) is 3.22. The number of amides is 1. The van der Waals surface area contributed by atoms with Gasteiger partial charge in [-0.3, -0.25) is 4.79 Å². The Balaban J connectivity index is 1.80. The summed E-state index contributed by atoms with van der Waals surface area (Å²) in [5.41, 5.74) is 3.23. The molecule has 0 fully saturated rings. The molecule has 0 saturated carbocycles. The first-order chi connectivity index (χ1) is 10.0. The topological polar surface area (TPSA) is 38.3 Å². The molecule has 0 spiro atoms. The lowest BCUT2D eigenvalue weighted by Crippen LogP contribution is -2.28. The van der Waals surface area contributed by atoms with E-state index in [2.05, 4.69) is 11.4 Å². The standard InChI is InChI=1S/C17H18ClNO2/c1-12-7-13(2)9-16(8-12)21-11-17(20)19-10-14-3-5-15(18)6-4-14/h3-9H,10-11H2,1-2H3,(H,19,20). The Kier molecular flexibility index (Phi) is 5.23. The fourth-order valence-corrected chi connectivity index (χ4v) is 2.15. The van der Waals surface area contributed by atoms with E-state index in [0.29, 0.717) is 17.3 Å². The first-order valence-electron chi connectivity index (χ1n) is 6.75. The first kappa shape index (κ1) is 15.4. The molecular weight excluding hydrogens is 286 g/mol. The van der Waals surface area contributed by atoms with Crippen molar-refractivity contribution >= 4 is 17.5 Å². The van der Waals surface area contributed by atoms with Crippen LogP contribution >= 0.6 is 11.6 Å². The van der Waals surface area contributed by atoms with E-state index in [4.69, 9.17) is 16.3 Å². The molecular formula is C17H18ClNO2. The molecule has 0 bridgehead atoms. The lowest BCUT2D eigenvalue weighted by molar-refractivity contribution is -0.123. The fourth-order valence-electron chi connectivity index (χ4n) is 2.02. The molecule has 0 heterocycles. The second kappa shape index (κ2) is 7.14. The Hall–Kier alpha value is -2.00. The number of ether oxygens (including phenoxy) is 1. The molecule has 0 radical (unpaired) electrons. The first-order valence-corrected chi connectivity index (χ1v) is 7.13. The lowest BCUT2D eigenvalue weighted by Gasteiger charge is -2.09. The highest BCUT2D eigenvalue weighted by atomic mass is 35.5. The van der Waals surface area contributed by atoms with Crippen molar-refractivity contribution < 1.29 is 9.53 Å². The van der Waals surface area contributed by atoms with Crippen molar-refractivity contribution in [3.63, 3.8) is 0 Å². The number of nitrogens with one attached hydrogen (secondary N) is 1. The van der Waals surface area contributed by atoms with E-state index in [1.54, 1.807) is 12.1 Å². The van der Waals surface area contributed by atoms with Crippen LogP contribution in [-0.2, 0) is 11.3 Å². The average molecular weight is 304 g/mol. The molecule has 0 unspecified atom stereocenters. The number of benzene rings is 2. The zero-order chi connectivity index (χ0) is 15.2. The molecule has 0 saturated heterocycles. The highest BCUT2D eigenvalue weighted by Gasteiger charge is 2.04. The molecule has 0 aliphatic carbocycles. The third-order valence-electron chi connectivity index (χ3n) is 2.97. The fraction of sp³-hybridized carbons (Fsp3) is 0.235. The summed E-state index contributed by atoms with van der Waals surface area (Å²) in [7, 11) is 0. The van der Waals surface area contributed by atoms with E-state index < -0.39 is 0 Å². The van der Waals surface area contributed by atoms with Crippen molar-refractivity contribution in [2.75, 3.05) is 6.61 Å². The zero-order valence-electron chi connectivity index (χ0n) is 12.2. The summed E-state index contributed by atoms with van der Waals surface area (Å²) in [5.74, 6) is 0.568. The maximum absolute atomic E-state index is 11.8. The van der Waals surface area contributed by atoms with E-state index in [1.807, 2.05) is 38.1 Å². The van der Waals surface area contributed by atoms with E-state index in [1.165, 1.54) is 0 Å². The van der Waals surface area contributed by atoms with Gasteiger partial charge < -0.3 is 10.1 Å². The summed E-state index contributed by atoms with van der Waals surface area (Å²) in [4.78, 5) is 11.8. The summed E-state index contributed by atoms with van der Waals surface area (Å²) in [6, 6.07) is 13.3. The Morgan fingerprint density at radius 1 is 1.10 bits per heavy atom. The molecule has 110 valence electrons. The van der Waals surface area contributed by atoms with Crippen LogP contribution < -0.4 is 10.1 Å². The quantitative estimate of drug-likeness (QED) is 0.915. The Labute approximate surface area is 129 Å². The van der Waals surface area contributed by atoms with Gasteiger partial charge in [0.05, 0.1) is 0 Å². The molecule has 2 aromatic carbocycles. The highest BCUT2D eigenvalue weighted by molar-refractivity contribution is 6.30. The number of hydrogen-bond acceptors (Lipinski definition) is 2. The number of carbonyl (C=O) groups is 1. The second-order valence-electron chi connectivity index (χ2n) is 5.02. The van der Waals surface area contributed by atoms with E-state index in [9.17, 15) is 4.79 Å². The number of rotatable bonds is 5. The van der Waals surface area contributed by atoms with Crippen LogP contribution in [0, 0.1) is 13.8 Å². The predicted octanol–water partition coefficient (Wildman–Crippen LogP) is 3.65. The third kappa shape index (κ3) is 5.12. The molecule has 2 rings (SSSR count). The molecule has 0 aromatic heterocycles. The Bertz CT molecular complexity index is 603. The van der Waals surface area contributed by atoms with Gasteiger partial charge in [-0.25, -0.2) is 0 Å². The molecule has 3 nitrogen and oxygen atoms in total. The molecule has 2 aromatic rings. The molecule has 0 atom stereocenters. The number of halogens is 1. The maximum atomic E-state index is 11.8. The zero-order valence-corrected chi connectivity index (χ0v) is 12.9. The smallest absolute Gasteiger partial charge is 0.258 e. The number of aryl methyl sites for hydroxylation is 2. The summed E-state index contributed by atoms with van der Waals surface area (Å²) in [5, 5.41) is 3.49. The van der Waals surface area contributed by atoms with Gasteiger partial charge in [-0.2, -0.15) is 0 Å². The second-order valence-corrected chi connectivity index (χ2v) is 5.45. The van der Waals surface area contributed by atoms with Crippen molar-refractivity contribution in [1.29, 1.82) is 0 Å². The van der Waals surface area contributed by atoms with Gasteiger partial charge in [0.1, 0.15) is 5.75 Å². The maximum Gasteiger partial charge on any atom is 0.258 e. The van der Waals surface area contributed by atoms with Crippen LogP contribution in [0.3, 0.4) is 0 Å². The van der Waals surface area contributed by atoms with E-state index in [0.717, 1.165) is 16.7 Å². The molecule has 0 aliphatic rings. The summed E-state index contributed by atoms with van der Waals surface area (Å²) < 4.78 is 5.50. The molecule has 4 heteroatoms. The van der Waals surface area contributed by atoms with Gasteiger partial charge in [0.15, 0.2) is 6.61 Å². The van der Waals surface area contributed by atoms with Gasteiger partial charge >= 0.3 is 0 Å². The monoisotopic (exact) mass is 303 g/mol. The van der Waals surface area contributed by atoms with Crippen LogP contribution in [0.25, 0.3) is 0 Å². The minimum atomic E-state index is -0.149. The van der Waals surface area contributed by atoms with Gasteiger partial charge in [0.2, 0.25) is 0 Å². The molecule has 1 N–H and O–H groups in total. The number of hydrogen-bond donors (Lipinski definition) is 1. The van der Waals surface area contributed by atoms with Crippen molar-refractivity contribution in [2.45, 2.75) is 20.4 Å². The summed E-state index contributed by atoms with van der Waals surface area (Å²) >= 11 is 5.81.